The Hall–Kier alpha value is -1.03. The second-order valence-electron chi connectivity index (χ2n) is 3.99. The first kappa shape index (κ1) is 15.0. The van der Waals surface area contributed by atoms with Gasteiger partial charge in [-0.15, -0.1) is 0 Å². The van der Waals surface area contributed by atoms with Gasteiger partial charge >= 0.3 is 12.3 Å². The highest BCUT2D eigenvalue weighted by Gasteiger charge is 2.39. The Morgan fingerprint density at radius 2 is 1.83 bits per heavy atom. The van der Waals surface area contributed by atoms with Crippen molar-refractivity contribution in [3.8, 4) is 0 Å². The van der Waals surface area contributed by atoms with Gasteiger partial charge in [0.05, 0.1) is 0 Å². The summed E-state index contributed by atoms with van der Waals surface area (Å²) in [4.78, 5) is 10.3. The molecule has 0 bridgehead atoms. The standard InChI is InChI=1S/C8H13F3N2O4S/c9-8(10,11)5-18(16,17)13-3-1-6(2-4-13)12-7(14)15/h6,12H,1-5H2,(H,14,15). The Kier molecular flexibility index (Phi) is 4.43. The van der Waals surface area contributed by atoms with Crippen molar-refractivity contribution in [3.05, 3.63) is 0 Å². The van der Waals surface area contributed by atoms with Crippen LogP contribution in [-0.2, 0) is 10.0 Å². The van der Waals surface area contributed by atoms with Crippen LogP contribution in [-0.4, -0.2) is 55.0 Å². The molecule has 0 spiro atoms. The highest BCUT2D eigenvalue weighted by Crippen LogP contribution is 2.22. The number of nitrogens with zero attached hydrogens (tertiary/aromatic N) is 1. The topological polar surface area (TPSA) is 86.7 Å². The molecule has 0 radical (unpaired) electrons. The van der Waals surface area contributed by atoms with Gasteiger partial charge in [0.25, 0.3) is 0 Å². The number of carboxylic acid groups (broad SMARTS) is 1. The second-order valence-corrected chi connectivity index (χ2v) is 5.96. The Bertz CT molecular complexity index is 401. The van der Waals surface area contributed by atoms with Gasteiger partial charge in [0.15, 0.2) is 5.75 Å². The molecule has 1 rings (SSSR count). The van der Waals surface area contributed by atoms with Crippen molar-refractivity contribution in [2.45, 2.75) is 25.1 Å². The summed E-state index contributed by atoms with van der Waals surface area (Å²) in [5.41, 5.74) is 0. The molecule has 6 nitrogen and oxygen atoms in total. The molecule has 10 heteroatoms. The molecule has 1 saturated heterocycles. The Morgan fingerprint density at radius 1 is 1.33 bits per heavy atom. The number of sulfonamides is 1. The molecule has 0 aromatic rings. The highest BCUT2D eigenvalue weighted by atomic mass is 32.2. The summed E-state index contributed by atoms with van der Waals surface area (Å²) >= 11 is 0. The number of piperidine rings is 1. The van der Waals surface area contributed by atoms with Gasteiger partial charge in [-0.2, -0.15) is 13.2 Å². The van der Waals surface area contributed by atoms with E-state index < -0.39 is 34.1 Å². The van der Waals surface area contributed by atoms with Crippen molar-refractivity contribution in [1.29, 1.82) is 0 Å². The number of carbonyl (C=O) groups is 1. The van der Waals surface area contributed by atoms with Crippen molar-refractivity contribution in [2.75, 3.05) is 18.8 Å². The third kappa shape index (κ3) is 4.69. The number of hydrogen-bond acceptors (Lipinski definition) is 3. The van der Waals surface area contributed by atoms with E-state index in [-0.39, 0.29) is 25.9 Å². The largest absolute Gasteiger partial charge is 0.465 e. The van der Waals surface area contributed by atoms with Crippen molar-refractivity contribution in [1.82, 2.24) is 9.62 Å². The maximum atomic E-state index is 12.1. The van der Waals surface area contributed by atoms with Gasteiger partial charge in [-0.1, -0.05) is 0 Å². The summed E-state index contributed by atoms with van der Waals surface area (Å²) in [5, 5.41) is 10.6. The zero-order valence-corrected chi connectivity index (χ0v) is 10.1. The van der Waals surface area contributed by atoms with E-state index in [2.05, 4.69) is 5.32 Å². The lowest BCUT2D eigenvalue weighted by molar-refractivity contribution is -0.107. The normalized spacial score (nSPS) is 19.7. The molecular formula is C8H13F3N2O4S. The highest BCUT2D eigenvalue weighted by molar-refractivity contribution is 7.89. The molecule has 1 aliphatic rings. The van der Waals surface area contributed by atoms with Crippen molar-refractivity contribution < 1.29 is 31.5 Å². The van der Waals surface area contributed by atoms with Crippen LogP contribution in [0.25, 0.3) is 0 Å². The van der Waals surface area contributed by atoms with Crippen LogP contribution in [0.4, 0.5) is 18.0 Å². The van der Waals surface area contributed by atoms with E-state index in [1.165, 1.54) is 0 Å². The fourth-order valence-electron chi connectivity index (χ4n) is 1.75. The first-order valence-electron chi connectivity index (χ1n) is 5.14. The van der Waals surface area contributed by atoms with Crippen LogP contribution < -0.4 is 5.32 Å². The molecular weight excluding hydrogens is 277 g/mol. The number of amides is 1. The molecule has 0 saturated carbocycles. The number of alkyl halides is 3. The van der Waals surface area contributed by atoms with Crippen LogP contribution in [0.15, 0.2) is 0 Å². The molecule has 0 aliphatic carbocycles. The SMILES string of the molecule is O=C(O)NC1CCN(S(=O)(=O)CC(F)(F)F)CC1. The van der Waals surface area contributed by atoms with Gasteiger partial charge in [0.2, 0.25) is 10.0 Å². The summed E-state index contributed by atoms with van der Waals surface area (Å²) in [7, 11) is -4.36. The maximum Gasteiger partial charge on any atom is 0.404 e. The van der Waals surface area contributed by atoms with E-state index in [4.69, 9.17) is 5.11 Å². The maximum absolute atomic E-state index is 12.1. The molecule has 18 heavy (non-hydrogen) atoms. The molecule has 0 aromatic heterocycles. The van der Waals surface area contributed by atoms with E-state index in [0.717, 1.165) is 4.31 Å². The molecule has 106 valence electrons. The molecule has 2 N–H and O–H groups in total. The summed E-state index contributed by atoms with van der Waals surface area (Å²) in [6.45, 7) is -0.216. The van der Waals surface area contributed by atoms with E-state index in [9.17, 15) is 26.4 Å². The number of halogens is 3. The molecule has 1 aliphatic heterocycles. The number of rotatable bonds is 3. The Balaban J connectivity index is 2.55. The minimum Gasteiger partial charge on any atom is -0.465 e. The monoisotopic (exact) mass is 290 g/mol. The first-order chi connectivity index (χ1) is 8.10. The summed E-state index contributed by atoms with van der Waals surface area (Å²) in [6, 6.07) is -0.417. The van der Waals surface area contributed by atoms with Gasteiger partial charge in [-0.05, 0) is 12.8 Å². The van der Waals surface area contributed by atoms with Gasteiger partial charge in [0.1, 0.15) is 0 Å². The number of nitrogens with one attached hydrogen (secondary N) is 1. The lowest BCUT2D eigenvalue weighted by Gasteiger charge is -2.31. The second kappa shape index (κ2) is 5.31. The fourth-order valence-corrected chi connectivity index (χ4v) is 3.11. The van der Waals surface area contributed by atoms with E-state index >= 15 is 0 Å². The van der Waals surface area contributed by atoms with Crippen LogP contribution in [0.5, 0.6) is 0 Å². The molecule has 1 fully saturated rings. The van der Waals surface area contributed by atoms with Gasteiger partial charge in [-0.25, -0.2) is 17.5 Å². The third-order valence-corrected chi connectivity index (χ3v) is 4.37. The summed E-state index contributed by atoms with van der Waals surface area (Å²) < 4.78 is 59.7. The smallest absolute Gasteiger partial charge is 0.404 e. The van der Waals surface area contributed by atoms with E-state index in [1.807, 2.05) is 0 Å². The minimum atomic E-state index is -4.77. The van der Waals surface area contributed by atoms with Crippen molar-refractivity contribution in [3.63, 3.8) is 0 Å². The summed E-state index contributed by atoms with van der Waals surface area (Å²) in [5.74, 6) is -1.88. The van der Waals surface area contributed by atoms with E-state index in [1.54, 1.807) is 0 Å². The lowest BCUT2D eigenvalue weighted by Crippen LogP contribution is -2.48. The van der Waals surface area contributed by atoms with Gasteiger partial charge in [-0.3, -0.25) is 0 Å². The predicted molar refractivity (Wildman–Crippen MR) is 55.6 cm³/mol. The molecule has 1 amide bonds. The summed E-state index contributed by atoms with van der Waals surface area (Å²) in [6.07, 6.45) is -5.66. The van der Waals surface area contributed by atoms with Gasteiger partial charge < -0.3 is 10.4 Å². The van der Waals surface area contributed by atoms with E-state index in [0.29, 0.717) is 0 Å². The minimum absolute atomic E-state index is 0.108. The molecule has 1 heterocycles. The van der Waals surface area contributed by atoms with Crippen molar-refractivity contribution in [2.24, 2.45) is 0 Å². The number of hydrogen-bond donors (Lipinski definition) is 2. The van der Waals surface area contributed by atoms with Crippen LogP contribution >= 0.6 is 0 Å². The average Bonchev–Trinajstić information content (AvgIpc) is 2.13. The molecule has 0 aromatic carbocycles. The van der Waals surface area contributed by atoms with Crippen LogP contribution in [0.2, 0.25) is 0 Å². The van der Waals surface area contributed by atoms with Crippen LogP contribution in [0.1, 0.15) is 12.8 Å². The van der Waals surface area contributed by atoms with Gasteiger partial charge in [0, 0.05) is 19.1 Å². The lowest BCUT2D eigenvalue weighted by atomic mass is 10.1. The third-order valence-electron chi connectivity index (χ3n) is 2.52. The Labute approximate surface area is 102 Å². The van der Waals surface area contributed by atoms with Crippen molar-refractivity contribution >= 4 is 16.1 Å². The predicted octanol–water partition coefficient (Wildman–Crippen LogP) is 0.610. The van der Waals surface area contributed by atoms with Crippen LogP contribution in [0, 0.1) is 0 Å². The zero-order chi connectivity index (χ0) is 14.0. The quantitative estimate of drug-likeness (QED) is 0.797. The first-order valence-corrected chi connectivity index (χ1v) is 6.75. The fraction of sp³-hybridized carbons (Fsp3) is 0.875. The molecule has 0 atom stereocenters. The zero-order valence-electron chi connectivity index (χ0n) is 9.27. The molecule has 0 unspecified atom stereocenters. The Morgan fingerprint density at radius 3 is 2.22 bits per heavy atom. The van der Waals surface area contributed by atoms with Crippen LogP contribution in [0.3, 0.4) is 0 Å². The average molecular weight is 290 g/mol.